The number of nitrogens with zero attached hydrogens (tertiary/aromatic N) is 9. The molecule has 3 rings (SSSR count). The topological polar surface area (TPSA) is 402 Å². The summed E-state index contributed by atoms with van der Waals surface area (Å²) in [6.45, 7) is 10.1. The van der Waals surface area contributed by atoms with Gasteiger partial charge in [0.1, 0.15) is 68.1 Å². The van der Waals surface area contributed by atoms with Gasteiger partial charge in [-0.1, -0.05) is 29.2 Å². The van der Waals surface area contributed by atoms with Gasteiger partial charge in [0, 0.05) is 75.2 Å². The molecule has 28 nitrogen and oxygen atoms in total. The van der Waals surface area contributed by atoms with Crippen LogP contribution in [0, 0.1) is 11.8 Å². The normalized spacial score (nSPS) is 32.6. The number of hydrogen-bond donors (Lipinski definition) is 3. The minimum absolute atomic E-state index is 0.138. The van der Waals surface area contributed by atoms with E-state index in [1.807, 2.05) is 0 Å². The van der Waals surface area contributed by atoms with Crippen molar-refractivity contribution in [1.82, 2.24) is 0 Å². The second-order valence-corrected chi connectivity index (χ2v) is 13.3. The summed E-state index contributed by atoms with van der Waals surface area (Å²) >= 11 is 0. The van der Waals surface area contributed by atoms with Crippen LogP contribution < -0.4 is 0 Å². The van der Waals surface area contributed by atoms with Crippen LogP contribution in [0.25, 0.3) is 31.3 Å². The Kier molecular flexibility index (Phi) is 23.4. The van der Waals surface area contributed by atoms with Gasteiger partial charge in [0.05, 0.1) is 12.6 Å². The minimum atomic E-state index is -1.39. The molecule has 61 heavy (non-hydrogen) atoms. The maximum absolute atomic E-state index is 11.3. The van der Waals surface area contributed by atoms with Gasteiger partial charge in [-0.3, -0.25) is 28.8 Å². The largest absolute Gasteiger partial charge is 0.463 e. The van der Waals surface area contributed by atoms with Gasteiger partial charge in [-0.25, -0.2) is 0 Å². The van der Waals surface area contributed by atoms with E-state index >= 15 is 0 Å². The number of aliphatic hydroxyl groups excluding tert-OH is 3. The summed E-state index contributed by atoms with van der Waals surface area (Å²) in [5.41, 5.74) is 25.4. The molecule has 0 aliphatic carbocycles. The highest BCUT2D eigenvalue weighted by Gasteiger charge is 2.49. The molecule has 0 spiro atoms. The fraction of sp³-hybridized carbons (Fsp3) is 0.818. The van der Waals surface area contributed by atoms with E-state index in [0.717, 1.165) is 0 Å². The number of rotatable bonds is 13. The van der Waals surface area contributed by atoms with Crippen molar-refractivity contribution in [3.63, 3.8) is 0 Å². The lowest BCUT2D eigenvalue weighted by molar-refractivity contribution is -0.287. The Morgan fingerprint density at radius 1 is 0.541 bits per heavy atom. The summed E-state index contributed by atoms with van der Waals surface area (Å²) in [5.74, 6) is -4.47. The van der Waals surface area contributed by atoms with E-state index in [1.165, 1.54) is 48.7 Å². The SMILES string of the molecule is CC(=O)OCC1O[C@@H](N=[N+]=[N-])C(OC(C)=O)[C@@H](C)[C@@H]1OC(C)=O.CC(=O)OCC1O[C@@H](N=[N+]=[N-])C(OC(C)=O)[C@@H](C)[C@H]1OC(C)=O.CO[C@H]1OC(CN=[N+]=[N-])[C@@H](O)[C@H](O)C1O. The third kappa shape index (κ3) is 17.5. The Balaban J connectivity index is 0.000000469. The molecule has 3 N–H and O–H groups in total. The van der Waals surface area contributed by atoms with Crippen LogP contribution in [0.15, 0.2) is 15.3 Å². The average molecular weight is 878 g/mol. The molecule has 0 aromatic rings. The van der Waals surface area contributed by atoms with E-state index in [9.17, 15) is 44.1 Å². The highest BCUT2D eigenvalue weighted by Crippen LogP contribution is 2.33. The third-order valence-electron chi connectivity index (χ3n) is 8.66. The zero-order valence-electron chi connectivity index (χ0n) is 34.7. The molecule has 15 atom stereocenters. The molecule has 0 saturated carbocycles. The Morgan fingerprint density at radius 3 is 1.23 bits per heavy atom. The number of methoxy groups -OCH3 is 1. The van der Waals surface area contributed by atoms with Crippen LogP contribution in [0.1, 0.15) is 55.4 Å². The second kappa shape index (κ2) is 26.6. The van der Waals surface area contributed by atoms with Crippen LogP contribution in [0.3, 0.4) is 0 Å². The number of carbonyl (C=O) groups excluding carboxylic acids is 6. The van der Waals surface area contributed by atoms with E-state index in [2.05, 4.69) is 30.1 Å². The van der Waals surface area contributed by atoms with Crippen LogP contribution >= 0.6 is 0 Å². The number of carbonyl (C=O) groups is 6. The molecule has 342 valence electrons. The van der Waals surface area contributed by atoms with E-state index in [1.54, 1.807) is 13.8 Å². The fourth-order valence-electron chi connectivity index (χ4n) is 6.04. The highest BCUT2D eigenvalue weighted by molar-refractivity contribution is 5.68. The predicted molar refractivity (Wildman–Crippen MR) is 197 cm³/mol. The number of azide groups is 3. The number of aliphatic hydroxyl groups is 3. The van der Waals surface area contributed by atoms with Crippen molar-refractivity contribution < 1.29 is 91.5 Å². The first-order valence-electron chi connectivity index (χ1n) is 18.2. The van der Waals surface area contributed by atoms with Crippen molar-refractivity contribution in [2.24, 2.45) is 27.2 Å². The maximum Gasteiger partial charge on any atom is 0.303 e. The molecule has 3 aliphatic rings. The third-order valence-corrected chi connectivity index (χ3v) is 8.66. The fourth-order valence-corrected chi connectivity index (χ4v) is 6.04. The van der Waals surface area contributed by atoms with Crippen molar-refractivity contribution in [1.29, 1.82) is 0 Å². The minimum Gasteiger partial charge on any atom is -0.463 e. The van der Waals surface area contributed by atoms with Gasteiger partial charge in [0.15, 0.2) is 18.7 Å². The van der Waals surface area contributed by atoms with E-state index in [-0.39, 0.29) is 19.8 Å². The van der Waals surface area contributed by atoms with Crippen molar-refractivity contribution in [3.8, 4) is 0 Å². The Morgan fingerprint density at radius 2 is 0.918 bits per heavy atom. The standard InChI is InChI=1S/2C13H19N3O7.C7H13N3O5/c2*1-6-11(21-8(3)18)10(5-20-7(2)17)23-13(15-16-14)12(6)22-9(4)19;1-14-7-6(13)5(12)4(11)3(15-7)2-9-10-8/h2*6,10-13H,5H2,1-4H3;3-7,11-13H,2H2,1H3/t6-,10?,11+,12?,13+;6-,10?,11-,12?,13+;3?,4-,5+,6?,7+/m001/s1. The van der Waals surface area contributed by atoms with Gasteiger partial charge < -0.3 is 62.7 Å². The highest BCUT2D eigenvalue weighted by atomic mass is 16.7. The summed E-state index contributed by atoms with van der Waals surface area (Å²) < 4.78 is 51.3. The molecular formula is C33H51N9O19. The van der Waals surface area contributed by atoms with E-state index in [4.69, 9.17) is 64.0 Å². The van der Waals surface area contributed by atoms with Crippen LogP contribution in [0.2, 0.25) is 0 Å². The average Bonchev–Trinajstić information content (AvgIpc) is 3.17. The molecular weight excluding hydrogens is 826 g/mol. The van der Waals surface area contributed by atoms with E-state index in [0.29, 0.717) is 0 Å². The smallest absolute Gasteiger partial charge is 0.303 e. The molecule has 0 amide bonds. The van der Waals surface area contributed by atoms with Gasteiger partial charge in [-0.05, 0) is 16.6 Å². The van der Waals surface area contributed by atoms with E-state index < -0.39 is 127 Å². The summed E-state index contributed by atoms with van der Waals surface area (Å²) in [6, 6.07) is 0. The van der Waals surface area contributed by atoms with Crippen molar-refractivity contribution in [2.75, 3.05) is 26.9 Å². The van der Waals surface area contributed by atoms with Gasteiger partial charge in [-0.15, -0.1) is 0 Å². The summed E-state index contributed by atoms with van der Waals surface area (Å²) in [4.78, 5) is 74.9. The molecule has 3 saturated heterocycles. The number of ether oxygens (including phenoxy) is 10. The maximum atomic E-state index is 11.3. The Hall–Kier alpha value is -5.53. The Bertz CT molecular complexity index is 1560. The first-order valence-corrected chi connectivity index (χ1v) is 18.2. The van der Waals surface area contributed by atoms with Crippen molar-refractivity contribution >= 4 is 35.8 Å². The number of esters is 6. The monoisotopic (exact) mass is 877 g/mol. The molecule has 3 aliphatic heterocycles. The zero-order valence-corrected chi connectivity index (χ0v) is 34.7. The molecule has 3 fully saturated rings. The van der Waals surface area contributed by atoms with Gasteiger partial charge in [0.2, 0.25) is 0 Å². The lowest BCUT2D eigenvalue weighted by Gasteiger charge is -2.42. The molecule has 0 radical (unpaired) electrons. The summed E-state index contributed by atoms with van der Waals surface area (Å²) in [6.07, 6.45) is -13.4. The lowest BCUT2D eigenvalue weighted by atomic mass is 9.89. The molecule has 0 bridgehead atoms. The van der Waals surface area contributed by atoms with Crippen LogP contribution in [-0.4, -0.2) is 158 Å². The molecule has 3 heterocycles. The lowest BCUT2D eigenvalue weighted by Crippen LogP contribution is -2.58. The van der Waals surface area contributed by atoms with Crippen molar-refractivity contribution in [3.05, 3.63) is 31.3 Å². The first-order chi connectivity index (χ1) is 28.6. The molecule has 28 heteroatoms. The molecule has 6 unspecified atom stereocenters. The van der Waals surface area contributed by atoms with Gasteiger partial charge in [-0.2, -0.15) is 0 Å². The van der Waals surface area contributed by atoms with Gasteiger partial charge >= 0.3 is 35.8 Å². The van der Waals surface area contributed by atoms with Crippen LogP contribution in [-0.2, 0) is 76.1 Å². The first kappa shape index (κ1) is 53.5. The molecule has 0 aromatic carbocycles. The summed E-state index contributed by atoms with van der Waals surface area (Å²) in [7, 11) is 1.29. The Labute approximate surface area is 347 Å². The van der Waals surface area contributed by atoms with Crippen LogP contribution in [0.4, 0.5) is 0 Å². The number of hydrogen-bond acceptors (Lipinski definition) is 22. The predicted octanol–water partition coefficient (Wildman–Crippen LogP) is 0.919. The quantitative estimate of drug-likeness (QED) is 0.0761. The van der Waals surface area contributed by atoms with Gasteiger partial charge in [0.25, 0.3) is 0 Å². The van der Waals surface area contributed by atoms with Crippen LogP contribution in [0.5, 0.6) is 0 Å². The van der Waals surface area contributed by atoms with Crippen molar-refractivity contribution in [2.45, 2.75) is 135 Å². The zero-order chi connectivity index (χ0) is 46.6. The molecule has 0 aromatic heterocycles. The summed E-state index contributed by atoms with van der Waals surface area (Å²) in [5, 5.41) is 38.4. The second-order valence-electron chi connectivity index (χ2n) is 13.3.